The Bertz CT molecular complexity index is 690. The van der Waals surface area contributed by atoms with Crippen LogP contribution in [0.2, 0.25) is 0 Å². The molecule has 3 aliphatic heterocycles. The highest BCUT2D eigenvalue weighted by Gasteiger charge is 2.37. The van der Waals surface area contributed by atoms with Gasteiger partial charge in [0.25, 0.3) is 0 Å². The molecule has 0 aromatic rings. The highest BCUT2D eigenvalue weighted by Crippen LogP contribution is 2.32. The minimum absolute atomic E-state index is 0.0454. The number of cyclic esters (lactones) is 1. The first-order chi connectivity index (χ1) is 16.3. The zero-order valence-corrected chi connectivity index (χ0v) is 22.2. The topological polar surface area (TPSA) is 55.8 Å². The van der Waals surface area contributed by atoms with Crippen molar-refractivity contribution in [2.75, 3.05) is 13.2 Å². The van der Waals surface area contributed by atoms with E-state index in [0.29, 0.717) is 43.7 Å². The summed E-state index contributed by atoms with van der Waals surface area (Å²) in [5.41, 5.74) is 1.50. The Hall–Kier alpha value is -1.36. The van der Waals surface area contributed by atoms with E-state index in [4.69, 9.17) is 9.47 Å². The zero-order valence-electron chi connectivity index (χ0n) is 22.2. The SMILES string of the molecule is C/C1=C/CCCCC(C)COC(=O)C2CCCCN2C(=O)CC2OC(CCC(C)C1)CCC2C. The third-order valence-electron chi connectivity index (χ3n) is 8.22. The molecule has 6 atom stereocenters. The lowest BCUT2D eigenvalue weighted by Crippen LogP contribution is -2.50. The van der Waals surface area contributed by atoms with Gasteiger partial charge in [0, 0.05) is 6.54 Å². The van der Waals surface area contributed by atoms with Gasteiger partial charge < -0.3 is 14.4 Å². The number of nitrogens with zero attached hydrogens (tertiary/aromatic N) is 1. The quantitative estimate of drug-likeness (QED) is 0.298. The number of carbonyl (C=O) groups excluding carboxylic acids is 2. The van der Waals surface area contributed by atoms with Crippen LogP contribution in [0.4, 0.5) is 0 Å². The van der Waals surface area contributed by atoms with E-state index in [1.54, 1.807) is 4.90 Å². The monoisotopic (exact) mass is 475 g/mol. The van der Waals surface area contributed by atoms with Gasteiger partial charge in [0.05, 0.1) is 25.2 Å². The molecule has 0 aromatic heterocycles. The third-order valence-corrected chi connectivity index (χ3v) is 8.22. The second-order valence-corrected chi connectivity index (χ2v) is 11.6. The van der Waals surface area contributed by atoms with Crippen molar-refractivity contribution < 1.29 is 19.1 Å². The molecule has 0 N–H and O–H groups in total. The molecule has 0 spiro atoms. The fraction of sp³-hybridized carbons (Fsp3) is 0.862. The largest absolute Gasteiger partial charge is 0.464 e. The van der Waals surface area contributed by atoms with Crippen molar-refractivity contribution in [3.8, 4) is 0 Å². The molecule has 3 rings (SSSR count). The van der Waals surface area contributed by atoms with Gasteiger partial charge in [0.2, 0.25) is 5.91 Å². The fourth-order valence-electron chi connectivity index (χ4n) is 5.91. The smallest absolute Gasteiger partial charge is 0.328 e. The summed E-state index contributed by atoms with van der Waals surface area (Å²) in [5, 5.41) is 0. The van der Waals surface area contributed by atoms with Gasteiger partial charge in [-0.1, -0.05) is 38.8 Å². The van der Waals surface area contributed by atoms with Gasteiger partial charge in [0.15, 0.2) is 0 Å². The van der Waals surface area contributed by atoms with Crippen LogP contribution in [-0.4, -0.2) is 48.2 Å². The zero-order chi connectivity index (χ0) is 24.5. The summed E-state index contributed by atoms with van der Waals surface area (Å²) in [7, 11) is 0. The van der Waals surface area contributed by atoms with E-state index in [-0.39, 0.29) is 24.1 Å². The predicted octanol–water partition coefficient (Wildman–Crippen LogP) is 6.45. The van der Waals surface area contributed by atoms with Crippen molar-refractivity contribution in [1.82, 2.24) is 4.90 Å². The van der Waals surface area contributed by atoms with Gasteiger partial charge in [-0.2, -0.15) is 0 Å². The Balaban J connectivity index is 1.68. The van der Waals surface area contributed by atoms with Crippen molar-refractivity contribution in [3.63, 3.8) is 0 Å². The standard InChI is InChI=1S/C29H49NO4/c1-21-10-6-5-7-11-23(3)20-33-29(32)26-12-8-9-17-30(26)28(31)19-27-24(4)14-16-25(34-27)15-13-22(2)18-21/h10,22-27H,5-9,11-20H2,1-4H3/b21-10-. The molecule has 3 heterocycles. The fourth-order valence-corrected chi connectivity index (χ4v) is 5.91. The molecule has 2 saturated heterocycles. The first-order valence-electron chi connectivity index (χ1n) is 14.1. The van der Waals surface area contributed by atoms with Gasteiger partial charge in [-0.3, -0.25) is 4.79 Å². The van der Waals surface area contributed by atoms with Gasteiger partial charge in [-0.25, -0.2) is 4.79 Å². The van der Waals surface area contributed by atoms with Gasteiger partial charge in [0.1, 0.15) is 6.04 Å². The molecule has 5 heteroatoms. The lowest BCUT2D eigenvalue weighted by atomic mass is 9.87. The van der Waals surface area contributed by atoms with Gasteiger partial charge in [-0.05, 0) is 95.3 Å². The molecule has 2 bridgehead atoms. The molecule has 0 aliphatic carbocycles. The Morgan fingerprint density at radius 3 is 2.44 bits per heavy atom. The van der Waals surface area contributed by atoms with Crippen molar-refractivity contribution in [1.29, 1.82) is 0 Å². The summed E-state index contributed by atoms with van der Waals surface area (Å²) in [5.74, 6) is 1.23. The summed E-state index contributed by atoms with van der Waals surface area (Å²) in [4.78, 5) is 28.1. The van der Waals surface area contributed by atoms with Crippen LogP contribution in [0.15, 0.2) is 11.6 Å². The Morgan fingerprint density at radius 2 is 1.62 bits per heavy atom. The normalized spacial score (nSPS) is 37.5. The predicted molar refractivity (Wildman–Crippen MR) is 136 cm³/mol. The highest BCUT2D eigenvalue weighted by molar-refractivity contribution is 5.85. The molecule has 34 heavy (non-hydrogen) atoms. The number of carbonyl (C=O) groups is 2. The summed E-state index contributed by atoms with van der Waals surface area (Å²) in [6, 6.07) is -0.425. The van der Waals surface area contributed by atoms with E-state index < -0.39 is 6.04 Å². The molecule has 5 nitrogen and oxygen atoms in total. The van der Waals surface area contributed by atoms with E-state index in [9.17, 15) is 9.59 Å². The minimum Gasteiger partial charge on any atom is -0.464 e. The average Bonchev–Trinajstić information content (AvgIpc) is 2.82. The maximum atomic E-state index is 13.3. The van der Waals surface area contributed by atoms with Crippen LogP contribution in [0, 0.1) is 17.8 Å². The van der Waals surface area contributed by atoms with Crippen molar-refractivity contribution in [2.45, 2.75) is 129 Å². The lowest BCUT2D eigenvalue weighted by Gasteiger charge is -2.38. The third kappa shape index (κ3) is 8.39. The molecular formula is C29H49NO4. The number of fused-ring (bicyclic) bond motifs is 3. The van der Waals surface area contributed by atoms with Gasteiger partial charge in [-0.15, -0.1) is 0 Å². The number of esters is 1. The van der Waals surface area contributed by atoms with Gasteiger partial charge >= 0.3 is 5.97 Å². The van der Waals surface area contributed by atoms with E-state index in [2.05, 4.69) is 33.8 Å². The van der Waals surface area contributed by atoms with Crippen molar-refractivity contribution in [3.05, 3.63) is 11.6 Å². The van der Waals surface area contributed by atoms with Crippen molar-refractivity contribution in [2.24, 2.45) is 17.8 Å². The number of allylic oxidation sites excluding steroid dienone is 2. The average molecular weight is 476 g/mol. The van der Waals surface area contributed by atoms with E-state index in [1.807, 2.05) is 0 Å². The Labute approximate surface area is 208 Å². The first kappa shape index (κ1) is 27.2. The van der Waals surface area contributed by atoms with E-state index in [1.165, 1.54) is 18.4 Å². The summed E-state index contributed by atoms with van der Waals surface area (Å²) in [6.07, 6.45) is 15.8. The van der Waals surface area contributed by atoms with Crippen LogP contribution in [-0.2, 0) is 19.1 Å². The molecule has 194 valence electrons. The number of ether oxygens (including phenoxy) is 2. The number of rotatable bonds is 0. The van der Waals surface area contributed by atoms with Crippen LogP contribution in [0.5, 0.6) is 0 Å². The molecule has 2 fully saturated rings. The van der Waals surface area contributed by atoms with Crippen LogP contribution in [0.3, 0.4) is 0 Å². The second-order valence-electron chi connectivity index (χ2n) is 11.6. The minimum atomic E-state index is -0.425. The summed E-state index contributed by atoms with van der Waals surface area (Å²) in [6.45, 7) is 10.1. The molecule has 1 amide bonds. The maximum absolute atomic E-state index is 13.3. The summed E-state index contributed by atoms with van der Waals surface area (Å²) < 4.78 is 12.2. The molecule has 0 aromatic carbocycles. The lowest BCUT2D eigenvalue weighted by molar-refractivity contribution is -0.160. The Morgan fingerprint density at radius 1 is 0.853 bits per heavy atom. The molecule has 0 saturated carbocycles. The van der Waals surface area contributed by atoms with E-state index in [0.717, 1.165) is 57.8 Å². The molecular weight excluding hydrogens is 426 g/mol. The number of piperidine rings is 1. The first-order valence-corrected chi connectivity index (χ1v) is 14.1. The molecule has 0 radical (unpaired) electrons. The number of amides is 1. The summed E-state index contributed by atoms with van der Waals surface area (Å²) >= 11 is 0. The molecule has 3 aliphatic rings. The van der Waals surface area contributed by atoms with Crippen LogP contribution >= 0.6 is 0 Å². The van der Waals surface area contributed by atoms with Crippen LogP contribution in [0.1, 0.15) is 111 Å². The van der Waals surface area contributed by atoms with Crippen molar-refractivity contribution >= 4 is 11.9 Å². The molecule has 6 unspecified atom stereocenters. The second kappa shape index (κ2) is 13.7. The maximum Gasteiger partial charge on any atom is 0.328 e. The Kier molecular flexibility index (Phi) is 10.9. The highest BCUT2D eigenvalue weighted by atomic mass is 16.5. The van der Waals surface area contributed by atoms with Crippen LogP contribution < -0.4 is 0 Å². The van der Waals surface area contributed by atoms with Crippen LogP contribution in [0.25, 0.3) is 0 Å². The number of hydrogen-bond acceptors (Lipinski definition) is 4. The van der Waals surface area contributed by atoms with E-state index >= 15 is 0 Å². The number of hydrogen-bond donors (Lipinski definition) is 0.